The average molecular weight is 600 g/mol. The molecular weight excluding hydrogens is 566 g/mol. The van der Waals surface area contributed by atoms with Gasteiger partial charge in [0.15, 0.2) is 6.10 Å². The van der Waals surface area contributed by atoms with E-state index in [1.54, 1.807) is 54.6 Å². The third-order valence-corrected chi connectivity index (χ3v) is 10.8. The van der Waals surface area contributed by atoms with Crippen LogP contribution >= 0.6 is 0 Å². The lowest BCUT2D eigenvalue weighted by Gasteiger charge is -2.35. The first-order chi connectivity index (χ1) is 19.6. The van der Waals surface area contributed by atoms with E-state index < -0.39 is 32.1 Å². The van der Waals surface area contributed by atoms with Crippen LogP contribution in [0, 0.1) is 13.8 Å². The van der Waals surface area contributed by atoms with Crippen molar-refractivity contribution in [3.05, 3.63) is 77.9 Å². The molecule has 0 spiro atoms. The molecular formula is C29H33N3O7S2. The van der Waals surface area contributed by atoms with Gasteiger partial charge < -0.3 is 14.8 Å². The average Bonchev–Trinajstić information content (AvgIpc) is 3.51. The number of nitrogens with zero attached hydrogens (tertiary/aromatic N) is 2. The van der Waals surface area contributed by atoms with Crippen LogP contribution in [0.4, 0.5) is 5.69 Å². The molecule has 1 N–H and O–H groups in total. The summed E-state index contributed by atoms with van der Waals surface area (Å²) in [6.07, 6.45) is 0.663. The molecule has 2 aliphatic rings. The van der Waals surface area contributed by atoms with Crippen molar-refractivity contribution in [2.45, 2.75) is 42.6 Å². The highest BCUT2D eigenvalue weighted by Crippen LogP contribution is 2.37. The van der Waals surface area contributed by atoms with Gasteiger partial charge in [-0.15, -0.1) is 0 Å². The van der Waals surface area contributed by atoms with Crippen LogP contribution in [0.5, 0.6) is 11.5 Å². The molecule has 3 aromatic rings. The largest absolute Gasteiger partial charge is 0.492 e. The first-order valence-electron chi connectivity index (χ1n) is 13.4. The van der Waals surface area contributed by atoms with E-state index in [4.69, 9.17) is 9.47 Å². The van der Waals surface area contributed by atoms with Gasteiger partial charge in [-0.2, -0.15) is 4.31 Å². The molecule has 2 aliphatic heterocycles. The van der Waals surface area contributed by atoms with Crippen LogP contribution in [0.25, 0.3) is 0 Å². The summed E-state index contributed by atoms with van der Waals surface area (Å²) in [7, 11) is -7.46. The topological polar surface area (TPSA) is 122 Å². The van der Waals surface area contributed by atoms with Gasteiger partial charge in [0.1, 0.15) is 18.1 Å². The van der Waals surface area contributed by atoms with Crippen molar-refractivity contribution in [3.63, 3.8) is 0 Å². The molecule has 1 saturated heterocycles. The Morgan fingerprint density at radius 1 is 0.878 bits per heavy atom. The smallest absolute Gasteiger partial charge is 0.264 e. The second-order valence-corrected chi connectivity index (χ2v) is 13.9. The fourth-order valence-corrected chi connectivity index (χ4v) is 7.79. The molecule has 1 atom stereocenters. The molecule has 41 heavy (non-hydrogen) atoms. The summed E-state index contributed by atoms with van der Waals surface area (Å²) in [6.45, 7) is 4.87. The number of carbonyl (C=O) groups is 1. The zero-order chi connectivity index (χ0) is 29.2. The minimum atomic E-state index is -3.95. The lowest BCUT2D eigenvalue weighted by atomic mass is 10.1. The second kappa shape index (κ2) is 11.7. The Bertz CT molecular complexity index is 1620. The van der Waals surface area contributed by atoms with E-state index in [1.807, 2.05) is 13.8 Å². The molecule has 3 aromatic carbocycles. The summed E-state index contributed by atoms with van der Waals surface area (Å²) >= 11 is 0. The number of ether oxygens (including phenoxy) is 2. The number of aryl methyl sites for hydroxylation is 2. The predicted octanol–water partition coefficient (Wildman–Crippen LogP) is 3.24. The highest BCUT2D eigenvalue weighted by atomic mass is 32.2. The van der Waals surface area contributed by atoms with E-state index in [0.29, 0.717) is 30.3 Å². The van der Waals surface area contributed by atoms with Crippen LogP contribution in [0.15, 0.2) is 76.5 Å². The number of carbonyl (C=O) groups excluding carboxylic acids is 1. The van der Waals surface area contributed by atoms with E-state index >= 15 is 0 Å². The van der Waals surface area contributed by atoms with Gasteiger partial charge in [0.25, 0.3) is 15.9 Å². The zero-order valence-corrected chi connectivity index (χ0v) is 24.6. The Labute approximate surface area is 241 Å². The fourth-order valence-electron chi connectivity index (χ4n) is 4.81. The molecule has 0 radical (unpaired) electrons. The molecule has 0 aliphatic carbocycles. The van der Waals surface area contributed by atoms with Crippen LogP contribution in [-0.4, -0.2) is 65.9 Å². The lowest BCUT2D eigenvalue weighted by Crippen LogP contribution is -2.51. The van der Waals surface area contributed by atoms with Crippen molar-refractivity contribution in [2.75, 3.05) is 37.1 Å². The van der Waals surface area contributed by atoms with Crippen molar-refractivity contribution >= 4 is 31.6 Å². The Morgan fingerprint density at radius 3 is 2.17 bits per heavy atom. The predicted molar refractivity (Wildman–Crippen MR) is 154 cm³/mol. The maximum absolute atomic E-state index is 13.6. The van der Waals surface area contributed by atoms with Gasteiger partial charge in [-0.3, -0.25) is 9.10 Å². The Kier molecular flexibility index (Phi) is 8.25. The molecule has 0 unspecified atom stereocenters. The lowest BCUT2D eigenvalue weighted by molar-refractivity contribution is -0.127. The molecule has 12 heteroatoms. The Hall–Kier alpha value is -3.61. The number of nitrogens with one attached hydrogen (secondary N) is 1. The minimum Gasteiger partial charge on any atom is -0.492 e. The number of benzene rings is 3. The third kappa shape index (κ3) is 6.19. The van der Waals surface area contributed by atoms with Gasteiger partial charge in [0.05, 0.1) is 28.6 Å². The first kappa shape index (κ1) is 28.9. The molecule has 1 fully saturated rings. The Balaban J connectivity index is 1.21. The van der Waals surface area contributed by atoms with Crippen molar-refractivity contribution in [3.8, 4) is 11.5 Å². The summed E-state index contributed by atoms with van der Waals surface area (Å²) in [4.78, 5) is 13.4. The standard InChI is InChI=1S/C29H33N3O7S2/c1-21-5-10-25(11-6-21)41(36,37)32-20-28(39-27-14-7-22(2)19-26(27)32)29(33)30-15-18-38-23-8-12-24(13-9-23)40(34,35)31-16-3-4-17-31/h5-14,19,28H,3-4,15-18,20H2,1-2H3,(H,30,33)/t28-/m1/s1. The normalized spacial score (nSPS) is 17.5. The molecule has 0 aromatic heterocycles. The number of hydrogen-bond acceptors (Lipinski definition) is 7. The van der Waals surface area contributed by atoms with E-state index in [9.17, 15) is 21.6 Å². The number of fused-ring (bicyclic) bond motifs is 1. The highest BCUT2D eigenvalue weighted by Gasteiger charge is 2.37. The molecule has 2 heterocycles. The number of sulfonamides is 2. The monoisotopic (exact) mass is 599 g/mol. The van der Waals surface area contributed by atoms with Gasteiger partial charge in [-0.25, -0.2) is 16.8 Å². The van der Waals surface area contributed by atoms with Crippen LogP contribution in [-0.2, 0) is 24.8 Å². The first-order valence-corrected chi connectivity index (χ1v) is 16.3. The maximum Gasteiger partial charge on any atom is 0.264 e. The number of hydrogen-bond donors (Lipinski definition) is 1. The minimum absolute atomic E-state index is 0.123. The summed E-state index contributed by atoms with van der Waals surface area (Å²) < 4.78 is 66.9. The van der Waals surface area contributed by atoms with Crippen LogP contribution in [0.3, 0.4) is 0 Å². The summed E-state index contributed by atoms with van der Waals surface area (Å²) in [5, 5.41) is 2.74. The number of rotatable bonds is 9. The van der Waals surface area contributed by atoms with Gasteiger partial charge in [-0.1, -0.05) is 23.8 Å². The van der Waals surface area contributed by atoms with Crippen molar-refractivity contribution < 1.29 is 31.1 Å². The van der Waals surface area contributed by atoms with Gasteiger partial charge in [0, 0.05) is 13.1 Å². The van der Waals surface area contributed by atoms with Gasteiger partial charge in [-0.05, 0) is 80.8 Å². The molecule has 0 bridgehead atoms. The van der Waals surface area contributed by atoms with Crippen molar-refractivity contribution in [2.24, 2.45) is 0 Å². The van der Waals surface area contributed by atoms with E-state index in [1.165, 1.54) is 20.7 Å². The van der Waals surface area contributed by atoms with Crippen LogP contribution in [0.2, 0.25) is 0 Å². The third-order valence-electron chi connectivity index (χ3n) is 7.08. The maximum atomic E-state index is 13.6. The molecule has 10 nitrogen and oxygen atoms in total. The van der Waals surface area contributed by atoms with E-state index in [2.05, 4.69) is 5.32 Å². The van der Waals surface area contributed by atoms with E-state index in [0.717, 1.165) is 24.0 Å². The molecule has 218 valence electrons. The zero-order valence-electron chi connectivity index (χ0n) is 22.9. The number of anilines is 1. The SMILES string of the molecule is Cc1ccc(S(=O)(=O)N2C[C@H](C(=O)NCCOc3ccc(S(=O)(=O)N4CCCC4)cc3)Oc3ccc(C)cc32)cc1. The highest BCUT2D eigenvalue weighted by molar-refractivity contribution is 7.92. The van der Waals surface area contributed by atoms with Crippen molar-refractivity contribution in [1.82, 2.24) is 9.62 Å². The Morgan fingerprint density at radius 2 is 1.49 bits per heavy atom. The summed E-state index contributed by atoms with van der Waals surface area (Å²) in [5.41, 5.74) is 2.18. The van der Waals surface area contributed by atoms with Crippen LogP contribution < -0.4 is 19.1 Å². The molecule has 0 saturated carbocycles. The second-order valence-electron chi connectivity index (χ2n) is 10.1. The molecule has 1 amide bonds. The fraction of sp³-hybridized carbons (Fsp3) is 0.345. The number of amides is 1. The van der Waals surface area contributed by atoms with Crippen LogP contribution in [0.1, 0.15) is 24.0 Å². The molecule has 5 rings (SSSR count). The van der Waals surface area contributed by atoms with Gasteiger partial charge in [0.2, 0.25) is 10.0 Å². The van der Waals surface area contributed by atoms with Gasteiger partial charge >= 0.3 is 0 Å². The van der Waals surface area contributed by atoms with Crippen molar-refractivity contribution in [1.29, 1.82) is 0 Å². The quantitative estimate of drug-likeness (QED) is 0.375. The summed E-state index contributed by atoms with van der Waals surface area (Å²) in [5.74, 6) is 0.294. The van der Waals surface area contributed by atoms with E-state index in [-0.39, 0.29) is 29.5 Å². The summed E-state index contributed by atoms with van der Waals surface area (Å²) in [6, 6.07) is 18.0.